The zero-order valence-electron chi connectivity index (χ0n) is 15.3. The van der Waals surface area contributed by atoms with Crippen molar-refractivity contribution in [1.82, 2.24) is 19.8 Å². The van der Waals surface area contributed by atoms with Gasteiger partial charge < -0.3 is 14.3 Å². The van der Waals surface area contributed by atoms with Gasteiger partial charge in [-0.15, -0.1) is 0 Å². The molecule has 0 aliphatic carbocycles. The van der Waals surface area contributed by atoms with E-state index in [2.05, 4.69) is 15.2 Å². The van der Waals surface area contributed by atoms with Crippen molar-refractivity contribution in [3.8, 4) is 0 Å². The van der Waals surface area contributed by atoms with Gasteiger partial charge >= 0.3 is 0 Å². The molecule has 2 aromatic heterocycles. The minimum atomic E-state index is -0.198. The third-order valence-electron chi connectivity index (χ3n) is 4.92. The summed E-state index contributed by atoms with van der Waals surface area (Å²) in [6.07, 6.45) is 7.86. The van der Waals surface area contributed by atoms with Crippen LogP contribution in [0.5, 0.6) is 0 Å². The van der Waals surface area contributed by atoms with Crippen LogP contribution in [0.1, 0.15) is 40.8 Å². The summed E-state index contributed by atoms with van der Waals surface area (Å²) >= 11 is 0. The van der Waals surface area contributed by atoms with Gasteiger partial charge in [-0.1, -0.05) is 30.3 Å². The van der Waals surface area contributed by atoms with Gasteiger partial charge in [0.15, 0.2) is 5.76 Å². The van der Waals surface area contributed by atoms with Crippen molar-refractivity contribution < 1.29 is 9.21 Å². The second-order valence-electron chi connectivity index (χ2n) is 6.95. The number of imidazole rings is 1. The van der Waals surface area contributed by atoms with Crippen molar-refractivity contribution in [2.75, 3.05) is 13.1 Å². The Bertz CT molecular complexity index is 851. The van der Waals surface area contributed by atoms with Crippen LogP contribution >= 0.6 is 0 Å². The van der Waals surface area contributed by atoms with Gasteiger partial charge in [-0.25, -0.2) is 4.98 Å². The number of likely N-dealkylation sites (tertiary alicyclic amines) is 1. The number of carbonyl (C=O) groups is 1. The van der Waals surface area contributed by atoms with E-state index in [1.807, 2.05) is 47.2 Å². The highest BCUT2D eigenvalue weighted by Crippen LogP contribution is 2.18. The van der Waals surface area contributed by atoms with Crippen LogP contribution in [0.4, 0.5) is 0 Å². The molecular formula is C21H24N4O2. The van der Waals surface area contributed by atoms with Crippen molar-refractivity contribution in [2.45, 2.75) is 32.0 Å². The van der Waals surface area contributed by atoms with Crippen LogP contribution in [0.2, 0.25) is 0 Å². The summed E-state index contributed by atoms with van der Waals surface area (Å²) < 4.78 is 7.76. The number of aromatic nitrogens is 2. The van der Waals surface area contributed by atoms with Crippen LogP contribution in [0.15, 0.2) is 65.6 Å². The smallest absolute Gasteiger partial charge is 0.287 e. The second-order valence-corrected chi connectivity index (χ2v) is 6.95. The van der Waals surface area contributed by atoms with Crippen LogP contribution in [-0.2, 0) is 13.1 Å². The highest BCUT2D eigenvalue weighted by molar-refractivity contribution is 5.91. The van der Waals surface area contributed by atoms with Gasteiger partial charge in [0.2, 0.25) is 0 Å². The molecule has 0 bridgehead atoms. The lowest BCUT2D eigenvalue weighted by atomic mass is 10.1. The first-order valence-corrected chi connectivity index (χ1v) is 9.40. The molecule has 1 fully saturated rings. The first-order valence-electron chi connectivity index (χ1n) is 9.40. The molecule has 140 valence electrons. The summed E-state index contributed by atoms with van der Waals surface area (Å²) in [5.74, 6) is 1.00. The topological polar surface area (TPSA) is 63.3 Å². The number of carbonyl (C=O) groups excluding carboxylic acids is 1. The number of furan rings is 1. The first-order chi connectivity index (χ1) is 13.3. The van der Waals surface area contributed by atoms with E-state index in [0.29, 0.717) is 12.3 Å². The summed E-state index contributed by atoms with van der Waals surface area (Å²) in [7, 11) is 0. The minimum Gasteiger partial charge on any atom is -0.455 e. The quantitative estimate of drug-likeness (QED) is 0.699. The Kier molecular flexibility index (Phi) is 5.34. The molecule has 1 aliphatic rings. The molecule has 3 aromatic rings. The van der Waals surface area contributed by atoms with E-state index < -0.39 is 0 Å². The summed E-state index contributed by atoms with van der Waals surface area (Å²) in [6, 6.07) is 13.5. The van der Waals surface area contributed by atoms with E-state index in [0.717, 1.165) is 31.0 Å². The number of benzene rings is 1. The molecule has 27 heavy (non-hydrogen) atoms. The number of nitrogens with zero attached hydrogens (tertiary/aromatic N) is 3. The van der Waals surface area contributed by atoms with Crippen LogP contribution in [-0.4, -0.2) is 33.4 Å². The fourth-order valence-corrected chi connectivity index (χ4v) is 3.50. The molecule has 1 atom stereocenters. The zero-order valence-corrected chi connectivity index (χ0v) is 15.3. The maximum Gasteiger partial charge on any atom is 0.287 e. The molecule has 0 spiro atoms. The number of nitrogens with one attached hydrogen (secondary N) is 1. The fraction of sp³-hybridized carbons (Fsp3) is 0.333. The van der Waals surface area contributed by atoms with Gasteiger partial charge in [-0.05, 0) is 43.6 Å². The predicted octanol–water partition coefficient (Wildman–Crippen LogP) is 3.24. The van der Waals surface area contributed by atoms with E-state index in [1.54, 1.807) is 18.6 Å². The van der Waals surface area contributed by atoms with Gasteiger partial charge in [0.05, 0.1) is 18.9 Å². The first kappa shape index (κ1) is 17.5. The SMILES string of the molecule is O=C(NC(Cn1ccnc1)c1ccccc1)c1ccc(CN2CCCC2)o1. The standard InChI is InChI=1S/C21H24N4O2/c26-21(20-9-8-18(27-20)14-24-11-4-5-12-24)23-19(15-25-13-10-22-16-25)17-6-2-1-3-7-17/h1-3,6-10,13,16,19H,4-5,11-12,14-15H2,(H,23,26). The molecule has 0 radical (unpaired) electrons. The Balaban J connectivity index is 1.45. The molecule has 1 amide bonds. The average molecular weight is 364 g/mol. The zero-order chi connectivity index (χ0) is 18.5. The third kappa shape index (κ3) is 4.46. The van der Waals surface area contributed by atoms with Gasteiger partial charge in [0, 0.05) is 18.9 Å². The average Bonchev–Trinajstić information content (AvgIpc) is 3.45. The number of hydrogen-bond acceptors (Lipinski definition) is 4. The van der Waals surface area contributed by atoms with E-state index in [-0.39, 0.29) is 11.9 Å². The molecule has 6 nitrogen and oxygen atoms in total. The molecule has 1 aromatic carbocycles. The molecule has 1 saturated heterocycles. The maximum absolute atomic E-state index is 12.8. The van der Waals surface area contributed by atoms with Gasteiger partial charge in [0.25, 0.3) is 5.91 Å². The largest absolute Gasteiger partial charge is 0.455 e. The van der Waals surface area contributed by atoms with E-state index in [4.69, 9.17) is 4.42 Å². The number of rotatable bonds is 7. The Morgan fingerprint density at radius 1 is 1.15 bits per heavy atom. The predicted molar refractivity (Wildman–Crippen MR) is 102 cm³/mol. The van der Waals surface area contributed by atoms with Crippen LogP contribution < -0.4 is 5.32 Å². The Morgan fingerprint density at radius 3 is 2.70 bits per heavy atom. The Labute approximate surface area is 158 Å². The molecule has 6 heteroatoms. The van der Waals surface area contributed by atoms with Gasteiger partial charge in [-0.2, -0.15) is 0 Å². The molecule has 1 aliphatic heterocycles. The highest BCUT2D eigenvalue weighted by Gasteiger charge is 2.20. The summed E-state index contributed by atoms with van der Waals surface area (Å²) in [4.78, 5) is 19.2. The Morgan fingerprint density at radius 2 is 1.96 bits per heavy atom. The molecule has 1 unspecified atom stereocenters. The molecule has 3 heterocycles. The lowest BCUT2D eigenvalue weighted by molar-refractivity contribution is 0.0901. The monoisotopic (exact) mass is 364 g/mol. The van der Waals surface area contributed by atoms with Crippen LogP contribution in [0, 0.1) is 0 Å². The number of amides is 1. The highest BCUT2D eigenvalue weighted by atomic mass is 16.4. The van der Waals surface area contributed by atoms with E-state index in [9.17, 15) is 4.79 Å². The lowest BCUT2D eigenvalue weighted by Gasteiger charge is -2.19. The van der Waals surface area contributed by atoms with E-state index in [1.165, 1.54) is 12.8 Å². The molecule has 0 saturated carbocycles. The summed E-state index contributed by atoms with van der Waals surface area (Å²) in [5.41, 5.74) is 1.04. The summed E-state index contributed by atoms with van der Waals surface area (Å²) in [6.45, 7) is 3.58. The van der Waals surface area contributed by atoms with Crippen molar-refractivity contribution >= 4 is 5.91 Å². The second kappa shape index (κ2) is 8.22. The van der Waals surface area contributed by atoms with Crippen LogP contribution in [0.25, 0.3) is 0 Å². The lowest BCUT2D eigenvalue weighted by Crippen LogP contribution is -2.31. The normalized spacial score (nSPS) is 15.7. The fourth-order valence-electron chi connectivity index (χ4n) is 3.50. The molecule has 1 N–H and O–H groups in total. The van der Waals surface area contributed by atoms with Crippen LogP contribution in [0.3, 0.4) is 0 Å². The minimum absolute atomic E-state index is 0.167. The van der Waals surface area contributed by atoms with E-state index >= 15 is 0 Å². The molecule has 4 rings (SSSR count). The van der Waals surface area contributed by atoms with Gasteiger partial charge in [-0.3, -0.25) is 9.69 Å². The van der Waals surface area contributed by atoms with Crippen molar-refractivity contribution in [3.05, 3.63) is 78.3 Å². The molecular weight excluding hydrogens is 340 g/mol. The van der Waals surface area contributed by atoms with Crippen molar-refractivity contribution in [3.63, 3.8) is 0 Å². The van der Waals surface area contributed by atoms with Crippen molar-refractivity contribution in [2.24, 2.45) is 0 Å². The van der Waals surface area contributed by atoms with Crippen molar-refractivity contribution in [1.29, 1.82) is 0 Å². The Hall–Kier alpha value is -2.86. The maximum atomic E-state index is 12.8. The summed E-state index contributed by atoms with van der Waals surface area (Å²) in [5, 5.41) is 3.10. The van der Waals surface area contributed by atoms with Gasteiger partial charge in [0.1, 0.15) is 5.76 Å². The number of hydrogen-bond donors (Lipinski definition) is 1. The third-order valence-corrected chi connectivity index (χ3v) is 4.92.